The van der Waals surface area contributed by atoms with Gasteiger partial charge in [0.1, 0.15) is 17.3 Å². The number of ether oxygens (including phenoxy) is 1. The molecule has 7 heteroatoms. The highest BCUT2D eigenvalue weighted by molar-refractivity contribution is 6.29. The number of anilines is 1. The van der Waals surface area contributed by atoms with Gasteiger partial charge in [0.2, 0.25) is 0 Å². The molecule has 0 amide bonds. The van der Waals surface area contributed by atoms with Crippen LogP contribution in [0.5, 0.6) is 0 Å². The second-order valence-corrected chi connectivity index (χ2v) is 4.87. The van der Waals surface area contributed by atoms with Gasteiger partial charge < -0.3 is 10.1 Å². The Morgan fingerprint density at radius 2 is 2.28 bits per heavy atom. The van der Waals surface area contributed by atoms with Crippen molar-refractivity contribution < 1.29 is 4.74 Å². The van der Waals surface area contributed by atoms with Crippen molar-refractivity contribution in [3.8, 4) is 0 Å². The van der Waals surface area contributed by atoms with E-state index >= 15 is 0 Å². The second kappa shape index (κ2) is 5.07. The predicted octanol–water partition coefficient (Wildman–Crippen LogP) is 2.00. The average molecular weight is 270 g/mol. The zero-order valence-corrected chi connectivity index (χ0v) is 11.4. The molecule has 0 aliphatic carbocycles. The largest absolute Gasteiger partial charge is 0.374 e. The van der Waals surface area contributed by atoms with Crippen LogP contribution in [0.3, 0.4) is 0 Å². The molecule has 0 saturated heterocycles. The van der Waals surface area contributed by atoms with Gasteiger partial charge in [0.05, 0.1) is 5.60 Å². The fourth-order valence-corrected chi connectivity index (χ4v) is 1.83. The van der Waals surface area contributed by atoms with Gasteiger partial charge in [-0.1, -0.05) is 11.6 Å². The smallest absolute Gasteiger partial charge is 0.255 e. The number of fused-ring (bicyclic) bond motifs is 1. The highest BCUT2D eigenvalue weighted by Crippen LogP contribution is 2.16. The maximum Gasteiger partial charge on any atom is 0.255 e. The van der Waals surface area contributed by atoms with E-state index in [0.717, 1.165) is 5.82 Å². The lowest BCUT2D eigenvalue weighted by Gasteiger charge is -2.25. The summed E-state index contributed by atoms with van der Waals surface area (Å²) in [4.78, 5) is 8.07. The van der Waals surface area contributed by atoms with Gasteiger partial charge in [0.15, 0.2) is 0 Å². The van der Waals surface area contributed by atoms with Crippen molar-refractivity contribution in [3.05, 3.63) is 17.5 Å². The van der Waals surface area contributed by atoms with E-state index in [4.69, 9.17) is 16.3 Å². The normalized spacial score (nSPS) is 12.0. The molecule has 0 bridgehead atoms. The minimum atomic E-state index is -0.266. The molecule has 0 unspecified atom stereocenters. The maximum atomic E-state index is 5.93. The van der Waals surface area contributed by atoms with E-state index in [1.807, 2.05) is 20.8 Å². The molecule has 2 aromatic heterocycles. The van der Waals surface area contributed by atoms with Gasteiger partial charge in [-0.3, -0.25) is 0 Å². The molecule has 0 saturated carbocycles. The molecule has 0 aliphatic heterocycles. The third-order valence-electron chi connectivity index (χ3n) is 2.45. The lowest BCUT2D eigenvalue weighted by Crippen LogP contribution is -2.33. The fourth-order valence-electron chi connectivity index (χ4n) is 1.65. The molecule has 18 heavy (non-hydrogen) atoms. The van der Waals surface area contributed by atoms with Crippen LogP contribution in [-0.4, -0.2) is 38.3 Å². The Hall–Kier alpha value is -1.40. The van der Waals surface area contributed by atoms with Gasteiger partial charge in [-0.15, -0.1) is 0 Å². The van der Waals surface area contributed by atoms with Crippen LogP contribution in [0.4, 0.5) is 5.82 Å². The number of rotatable bonds is 5. The minimum absolute atomic E-state index is 0.266. The molecule has 0 aliphatic rings. The lowest BCUT2D eigenvalue weighted by molar-refractivity contribution is 0.000617. The molecule has 2 heterocycles. The van der Waals surface area contributed by atoms with Gasteiger partial charge in [0.25, 0.3) is 5.78 Å². The molecule has 0 aromatic carbocycles. The first-order valence-electron chi connectivity index (χ1n) is 5.76. The summed E-state index contributed by atoms with van der Waals surface area (Å²) in [5, 5.41) is 7.72. The number of nitrogens with one attached hydrogen (secondary N) is 1. The average Bonchev–Trinajstić information content (AvgIpc) is 2.73. The Balaban J connectivity index is 2.19. The van der Waals surface area contributed by atoms with Crippen LogP contribution >= 0.6 is 11.6 Å². The van der Waals surface area contributed by atoms with E-state index in [2.05, 4.69) is 20.4 Å². The molecule has 6 nitrogen and oxygen atoms in total. The standard InChI is InChI=1S/C11H16ClN5O/c1-4-18-11(2,3)6-13-9-5-8(12)16-10-14-7-15-17(9)10/h5,7,13H,4,6H2,1-3H3. The summed E-state index contributed by atoms with van der Waals surface area (Å²) in [6.45, 7) is 7.32. The Morgan fingerprint density at radius 3 is 3.00 bits per heavy atom. The highest BCUT2D eigenvalue weighted by atomic mass is 35.5. The molecule has 0 fully saturated rings. The van der Waals surface area contributed by atoms with Crippen LogP contribution < -0.4 is 5.32 Å². The zero-order chi connectivity index (χ0) is 13.2. The molecule has 2 aromatic rings. The minimum Gasteiger partial charge on any atom is -0.374 e. The molecule has 0 radical (unpaired) electrons. The predicted molar refractivity (Wildman–Crippen MR) is 70.0 cm³/mol. The van der Waals surface area contributed by atoms with Crippen molar-refractivity contribution in [3.63, 3.8) is 0 Å². The van der Waals surface area contributed by atoms with Crippen molar-refractivity contribution >= 4 is 23.2 Å². The van der Waals surface area contributed by atoms with Gasteiger partial charge in [-0.05, 0) is 20.8 Å². The van der Waals surface area contributed by atoms with Crippen LogP contribution in [0.1, 0.15) is 20.8 Å². The van der Waals surface area contributed by atoms with E-state index in [9.17, 15) is 0 Å². The van der Waals surface area contributed by atoms with E-state index < -0.39 is 0 Å². The first kappa shape index (κ1) is 13.0. The van der Waals surface area contributed by atoms with Crippen molar-refractivity contribution in [1.82, 2.24) is 19.6 Å². The fraction of sp³-hybridized carbons (Fsp3) is 0.545. The summed E-state index contributed by atoms with van der Waals surface area (Å²) < 4.78 is 7.22. The van der Waals surface area contributed by atoms with Crippen LogP contribution in [0.15, 0.2) is 12.4 Å². The van der Waals surface area contributed by atoms with E-state index in [1.54, 1.807) is 10.6 Å². The summed E-state index contributed by atoms with van der Waals surface area (Å²) in [6.07, 6.45) is 1.44. The van der Waals surface area contributed by atoms with E-state index in [-0.39, 0.29) is 5.60 Å². The molecule has 0 atom stereocenters. The van der Waals surface area contributed by atoms with E-state index in [0.29, 0.717) is 24.1 Å². The first-order valence-corrected chi connectivity index (χ1v) is 6.14. The van der Waals surface area contributed by atoms with Crippen LogP contribution in [0.25, 0.3) is 5.78 Å². The summed E-state index contributed by atoms with van der Waals surface area (Å²) in [6, 6.07) is 1.71. The Labute approximate surface area is 110 Å². The van der Waals surface area contributed by atoms with E-state index in [1.165, 1.54) is 6.33 Å². The Morgan fingerprint density at radius 1 is 1.50 bits per heavy atom. The molecule has 0 spiro atoms. The van der Waals surface area contributed by atoms with Crippen molar-refractivity contribution in [2.45, 2.75) is 26.4 Å². The van der Waals surface area contributed by atoms with Gasteiger partial charge in [-0.2, -0.15) is 19.6 Å². The van der Waals surface area contributed by atoms with Gasteiger partial charge in [-0.25, -0.2) is 0 Å². The van der Waals surface area contributed by atoms with Gasteiger partial charge in [0, 0.05) is 19.2 Å². The third-order valence-corrected chi connectivity index (χ3v) is 2.64. The van der Waals surface area contributed by atoms with Crippen molar-refractivity contribution in [2.75, 3.05) is 18.5 Å². The van der Waals surface area contributed by atoms with Crippen molar-refractivity contribution in [1.29, 1.82) is 0 Å². The lowest BCUT2D eigenvalue weighted by atomic mass is 10.1. The van der Waals surface area contributed by atoms with Crippen LogP contribution in [0, 0.1) is 0 Å². The Bertz CT molecular complexity index is 539. The third kappa shape index (κ3) is 2.88. The topological polar surface area (TPSA) is 64.3 Å². The highest BCUT2D eigenvalue weighted by Gasteiger charge is 2.18. The number of nitrogens with zero attached hydrogens (tertiary/aromatic N) is 4. The Kier molecular flexibility index (Phi) is 3.68. The molecular formula is C11H16ClN5O. The molecule has 98 valence electrons. The van der Waals surface area contributed by atoms with Crippen molar-refractivity contribution in [2.24, 2.45) is 0 Å². The molecule has 2 rings (SSSR count). The quantitative estimate of drug-likeness (QED) is 0.841. The number of hydrogen-bond acceptors (Lipinski definition) is 5. The summed E-state index contributed by atoms with van der Waals surface area (Å²) in [5.41, 5.74) is -0.266. The maximum absolute atomic E-state index is 5.93. The number of hydrogen-bond donors (Lipinski definition) is 1. The SMILES string of the molecule is CCOC(C)(C)CNc1cc(Cl)nc2ncnn12. The van der Waals surface area contributed by atoms with Crippen LogP contribution in [-0.2, 0) is 4.74 Å². The summed E-state index contributed by atoms with van der Waals surface area (Å²) in [5.74, 6) is 1.22. The molecule has 1 N–H and O–H groups in total. The van der Waals surface area contributed by atoms with Gasteiger partial charge >= 0.3 is 0 Å². The second-order valence-electron chi connectivity index (χ2n) is 4.48. The number of aromatic nitrogens is 4. The zero-order valence-electron chi connectivity index (χ0n) is 10.6. The molecular weight excluding hydrogens is 254 g/mol. The number of halogens is 1. The summed E-state index contributed by atoms with van der Waals surface area (Å²) >= 11 is 5.93. The monoisotopic (exact) mass is 269 g/mol. The van der Waals surface area contributed by atoms with Crippen LogP contribution in [0.2, 0.25) is 5.15 Å². The first-order chi connectivity index (χ1) is 8.52. The summed E-state index contributed by atoms with van der Waals surface area (Å²) in [7, 11) is 0.